The van der Waals surface area contributed by atoms with Gasteiger partial charge in [-0.15, -0.1) is 0 Å². The Labute approximate surface area is 126 Å². The summed E-state index contributed by atoms with van der Waals surface area (Å²) >= 11 is 5.61. The van der Waals surface area contributed by atoms with Crippen LogP contribution in [0.15, 0.2) is 12.1 Å². The minimum absolute atomic E-state index is 0.113. The minimum atomic E-state index is -4.43. The zero-order valence-electron chi connectivity index (χ0n) is 11.5. The average Bonchev–Trinajstić information content (AvgIpc) is 2.43. The van der Waals surface area contributed by atoms with Gasteiger partial charge in [0.05, 0.1) is 18.3 Å². The second-order valence-corrected chi connectivity index (χ2v) is 5.51. The molecular weight excluding hydrogens is 305 g/mol. The highest BCUT2D eigenvalue weighted by molar-refractivity contribution is 6.29. The Morgan fingerprint density at radius 2 is 1.95 bits per heavy atom. The molecular formula is C14H18ClF3N2O. The zero-order chi connectivity index (χ0) is 15.3. The van der Waals surface area contributed by atoms with Crippen LogP contribution >= 0.6 is 11.6 Å². The molecule has 0 radical (unpaired) electrons. The Morgan fingerprint density at radius 3 is 2.62 bits per heavy atom. The molecule has 118 valence electrons. The van der Waals surface area contributed by atoms with Crippen molar-refractivity contribution in [2.45, 2.75) is 44.4 Å². The minimum Gasteiger partial charge on any atom is -0.376 e. The third kappa shape index (κ3) is 5.36. The van der Waals surface area contributed by atoms with Gasteiger partial charge in [0, 0.05) is 6.54 Å². The summed E-state index contributed by atoms with van der Waals surface area (Å²) in [6, 6.07) is 1.76. The first-order valence-electron chi connectivity index (χ1n) is 7.05. The second kappa shape index (κ2) is 7.31. The Morgan fingerprint density at radius 1 is 1.24 bits per heavy atom. The molecule has 0 atom stereocenters. The van der Waals surface area contributed by atoms with Gasteiger partial charge < -0.3 is 10.1 Å². The lowest BCUT2D eigenvalue weighted by Gasteiger charge is -2.22. The molecule has 0 saturated heterocycles. The Bertz CT molecular complexity index is 462. The lowest BCUT2D eigenvalue weighted by atomic mass is 9.98. The molecule has 1 aliphatic carbocycles. The normalized spacial score (nSPS) is 17.0. The largest absolute Gasteiger partial charge is 0.416 e. The van der Waals surface area contributed by atoms with Gasteiger partial charge in [-0.25, -0.2) is 4.98 Å². The lowest BCUT2D eigenvalue weighted by Crippen LogP contribution is -2.20. The van der Waals surface area contributed by atoms with E-state index in [4.69, 9.17) is 16.3 Å². The van der Waals surface area contributed by atoms with Crippen LogP contribution in [0.4, 0.5) is 19.0 Å². The third-order valence-corrected chi connectivity index (χ3v) is 3.63. The van der Waals surface area contributed by atoms with Crippen LogP contribution in [0.1, 0.15) is 37.7 Å². The molecule has 1 heterocycles. The number of aromatic nitrogens is 1. The Hall–Kier alpha value is -1.01. The first-order chi connectivity index (χ1) is 9.95. The van der Waals surface area contributed by atoms with Gasteiger partial charge in [-0.1, -0.05) is 30.9 Å². The van der Waals surface area contributed by atoms with E-state index in [9.17, 15) is 13.2 Å². The summed E-state index contributed by atoms with van der Waals surface area (Å²) in [7, 11) is 0. The van der Waals surface area contributed by atoms with E-state index in [1.54, 1.807) is 0 Å². The number of nitrogens with one attached hydrogen (secondary N) is 1. The highest BCUT2D eigenvalue weighted by Gasteiger charge is 2.31. The predicted molar refractivity (Wildman–Crippen MR) is 75.6 cm³/mol. The molecule has 0 aliphatic heterocycles. The fourth-order valence-electron chi connectivity index (χ4n) is 2.39. The summed E-state index contributed by atoms with van der Waals surface area (Å²) in [6.07, 6.45) is 1.60. The number of nitrogens with zero attached hydrogens (tertiary/aromatic N) is 1. The molecule has 0 bridgehead atoms. The molecule has 1 aromatic rings. The van der Waals surface area contributed by atoms with E-state index in [0.717, 1.165) is 25.0 Å². The Kier molecular flexibility index (Phi) is 5.70. The van der Waals surface area contributed by atoms with Crippen LogP contribution in [0, 0.1) is 0 Å². The number of hydrogen-bond acceptors (Lipinski definition) is 3. The van der Waals surface area contributed by atoms with Gasteiger partial charge in [-0.3, -0.25) is 0 Å². The molecule has 3 nitrogen and oxygen atoms in total. The number of rotatable bonds is 5. The number of hydrogen-bond donors (Lipinski definition) is 1. The van der Waals surface area contributed by atoms with E-state index in [1.807, 2.05) is 0 Å². The lowest BCUT2D eigenvalue weighted by molar-refractivity contribution is -0.137. The molecule has 0 amide bonds. The molecule has 0 spiro atoms. The van der Waals surface area contributed by atoms with E-state index in [2.05, 4.69) is 10.3 Å². The number of pyridine rings is 1. The number of alkyl halides is 3. The van der Waals surface area contributed by atoms with E-state index in [1.165, 1.54) is 19.3 Å². The van der Waals surface area contributed by atoms with Crippen molar-refractivity contribution in [2.75, 3.05) is 18.5 Å². The number of halogens is 4. The van der Waals surface area contributed by atoms with Crippen molar-refractivity contribution in [1.29, 1.82) is 0 Å². The SMILES string of the molecule is FC(F)(F)c1cc(Cl)nc(NCCOC2CCCCC2)c1. The van der Waals surface area contributed by atoms with E-state index in [0.29, 0.717) is 13.2 Å². The second-order valence-electron chi connectivity index (χ2n) is 5.12. The fourth-order valence-corrected chi connectivity index (χ4v) is 2.60. The molecule has 1 N–H and O–H groups in total. The van der Waals surface area contributed by atoms with Gasteiger partial charge in [0.1, 0.15) is 11.0 Å². The van der Waals surface area contributed by atoms with Crippen LogP contribution < -0.4 is 5.32 Å². The highest BCUT2D eigenvalue weighted by atomic mass is 35.5. The van der Waals surface area contributed by atoms with Crippen molar-refractivity contribution in [2.24, 2.45) is 0 Å². The van der Waals surface area contributed by atoms with Crippen LogP contribution in [-0.4, -0.2) is 24.2 Å². The molecule has 0 aromatic carbocycles. The smallest absolute Gasteiger partial charge is 0.376 e. The fraction of sp³-hybridized carbons (Fsp3) is 0.643. The van der Waals surface area contributed by atoms with E-state index in [-0.39, 0.29) is 17.1 Å². The van der Waals surface area contributed by atoms with Crippen LogP contribution in [0.3, 0.4) is 0 Å². The zero-order valence-corrected chi connectivity index (χ0v) is 12.3. The van der Waals surface area contributed by atoms with Crippen molar-refractivity contribution >= 4 is 17.4 Å². The first kappa shape index (κ1) is 16.4. The molecule has 2 rings (SSSR count). The molecule has 1 aliphatic rings. The standard InChI is InChI=1S/C14H18ClF3N2O/c15-12-8-10(14(16,17)18)9-13(20-12)19-6-7-21-11-4-2-1-3-5-11/h8-9,11H,1-7H2,(H,19,20). The van der Waals surface area contributed by atoms with Gasteiger partial charge in [-0.05, 0) is 25.0 Å². The average molecular weight is 323 g/mol. The summed E-state index contributed by atoms with van der Waals surface area (Å²) < 4.78 is 43.6. The third-order valence-electron chi connectivity index (χ3n) is 3.44. The van der Waals surface area contributed by atoms with Gasteiger partial charge in [-0.2, -0.15) is 13.2 Å². The quantitative estimate of drug-likeness (QED) is 0.639. The van der Waals surface area contributed by atoms with Crippen LogP contribution in [0.2, 0.25) is 5.15 Å². The van der Waals surface area contributed by atoms with Gasteiger partial charge in [0.25, 0.3) is 0 Å². The van der Waals surface area contributed by atoms with Crippen LogP contribution in [0.25, 0.3) is 0 Å². The maximum atomic E-state index is 12.6. The van der Waals surface area contributed by atoms with Crippen molar-refractivity contribution < 1.29 is 17.9 Å². The van der Waals surface area contributed by atoms with Crippen molar-refractivity contribution in [3.63, 3.8) is 0 Å². The van der Waals surface area contributed by atoms with E-state index < -0.39 is 11.7 Å². The van der Waals surface area contributed by atoms with Gasteiger partial charge >= 0.3 is 6.18 Å². The molecule has 0 unspecified atom stereocenters. The van der Waals surface area contributed by atoms with Crippen molar-refractivity contribution in [3.05, 3.63) is 22.8 Å². The summed E-state index contributed by atoms with van der Waals surface area (Å²) in [5, 5.41) is 2.64. The van der Waals surface area contributed by atoms with Crippen LogP contribution in [-0.2, 0) is 10.9 Å². The van der Waals surface area contributed by atoms with Crippen molar-refractivity contribution in [3.8, 4) is 0 Å². The maximum absolute atomic E-state index is 12.6. The topological polar surface area (TPSA) is 34.2 Å². The van der Waals surface area contributed by atoms with Crippen LogP contribution in [0.5, 0.6) is 0 Å². The summed E-state index contributed by atoms with van der Waals surface area (Å²) in [5.41, 5.74) is -0.807. The number of ether oxygens (including phenoxy) is 1. The monoisotopic (exact) mass is 322 g/mol. The first-order valence-corrected chi connectivity index (χ1v) is 7.43. The summed E-state index contributed by atoms with van der Waals surface area (Å²) in [4.78, 5) is 3.83. The summed E-state index contributed by atoms with van der Waals surface area (Å²) in [5.74, 6) is 0.113. The predicted octanol–water partition coefficient (Wildman–Crippen LogP) is 4.52. The molecule has 1 fully saturated rings. The van der Waals surface area contributed by atoms with Gasteiger partial charge in [0.15, 0.2) is 0 Å². The molecule has 21 heavy (non-hydrogen) atoms. The number of anilines is 1. The summed E-state index contributed by atoms with van der Waals surface area (Å²) in [6.45, 7) is 0.849. The van der Waals surface area contributed by atoms with Crippen molar-refractivity contribution in [1.82, 2.24) is 4.98 Å². The van der Waals surface area contributed by atoms with E-state index >= 15 is 0 Å². The molecule has 7 heteroatoms. The molecule has 1 saturated carbocycles. The van der Waals surface area contributed by atoms with Gasteiger partial charge in [0.2, 0.25) is 0 Å². The maximum Gasteiger partial charge on any atom is 0.416 e. The Balaban J connectivity index is 1.81. The highest BCUT2D eigenvalue weighted by Crippen LogP contribution is 2.31. The molecule has 1 aromatic heterocycles.